The van der Waals surface area contributed by atoms with Gasteiger partial charge in [0.2, 0.25) is 11.8 Å². The number of nitrogens with zero attached hydrogens (tertiary/aromatic N) is 3. The molecule has 0 aliphatic carbocycles. The van der Waals surface area contributed by atoms with Gasteiger partial charge in [0.05, 0.1) is 11.5 Å². The third kappa shape index (κ3) is 5.66. The summed E-state index contributed by atoms with van der Waals surface area (Å²) in [6, 6.07) is 15.6. The fourth-order valence-electron chi connectivity index (χ4n) is 5.03. The molecule has 35 heavy (non-hydrogen) atoms. The number of piperazine rings is 1. The summed E-state index contributed by atoms with van der Waals surface area (Å²) < 4.78 is 0. The summed E-state index contributed by atoms with van der Waals surface area (Å²) >= 11 is 0. The van der Waals surface area contributed by atoms with Crippen LogP contribution in [-0.2, 0) is 9.59 Å². The van der Waals surface area contributed by atoms with Gasteiger partial charge in [0, 0.05) is 57.1 Å². The molecule has 186 valence electrons. The molecule has 2 aliphatic rings. The van der Waals surface area contributed by atoms with Gasteiger partial charge in [0.15, 0.2) is 0 Å². The number of hydrogen-bond acceptors (Lipinski definition) is 4. The van der Waals surface area contributed by atoms with E-state index in [-0.39, 0.29) is 23.6 Å². The maximum Gasteiger partial charge on any atom is 0.256 e. The van der Waals surface area contributed by atoms with Crippen LogP contribution in [0.4, 0.5) is 11.4 Å². The van der Waals surface area contributed by atoms with Gasteiger partial charge < -0.3 is 20.0 Å². The molecule has 0 bridgehead atoms. The zero-order valence-corrected chi connectivity index (χ0v) is 20.8. The molecule has 3 amide bonds. The van der Waals surface area contributed by atoms with Crippen LogP contribution in [0.3, 0.4) is 0 Å². The van der Waals surface area contributed by atoms with Gasteiger partial charge in [-0.1, -0.05) is 44.2 Å². The molecule has 2 aromatic rings. The maximum atomic E-state index is 13.4. The Hall–Kier alpha value is -3.35. The molecule has 2 saturated heterocycles. The Balaban J connectivity index is 1.50. The fourth-order valence-corrected chi connectivity index (χ4v) is 5.03. The average molecular weight is 477 g/mol. The van der Waals surface area contributed by atoms with Crippen LogP contribution in [-0.4, -0.2) is 66.8 Å². The molecular formula is C28H36N4O3. The van der Waals surface area contributed by atoms with Crippen molar-refractivity contribution in [3.8, 4) is 0 Å². The van der Waals surface area contributed by atoms with Crippen LogP contribution in [0, 0.1) is 0 Å². The SMILES string of the molecule is CCC(=O)Nc1ccc(N2CCN(C(=O)[C@H](CC)c3ccccc3)CC2)c(C(=O)N2CCCC2)c1. The molecule has 1 atom stereocenters. The fraction of sp³-hybridized carbons (Fsp3) is 0.464. The van der Waals surface area contributed by atoms with Crippen molar-refractivity contribution < 1.29 is 14.4 Å². The lowest BCUT2D eigenvalue weighted by Gasteiger charge is -2.38. The van der Waals surface area contributed by atoms with E-state index in [1.807, 2.05) is 65.3 Å². The molecule has 4 rings (SSSR count). The standard InChI is InChI=1S/C28H36N4O3/c1-3-23(21-10-6-5-7-11-21)27(34)32-18-16-30(17-19-32)25-13-12-22(29-26(33)4-2)20-24(25)28(35)31-14-8-9-15-31/h5-7,10-13,20,23H,3-4,8-9,14-19H2,1-2H3,(H,29,33)/t23-/m1/s1. The topological polar surface area (TPSA) is 73.0 Å². The highest BCUT2D eigenvalue weighted by Gasteiger charge is 2.30. The molecule has 0 saturated carbocycles. The Bertz CT molecular complexity index is 1040. The summed E-state index contributed by atoms with van der Waals surface area (Å²) in [7, 11) is 0. The van der Waals surface area contributed by atoms with Gasteiger partial charge in [-0.15, -0.1) is 0 Å². The number of carbonyl (C=O) groups excluding carboxylic acids is 3. The van der Waals surface area contributed by atoms with Crippen LogP contribution in [0.15, 0.2) is 48.5 Å². The highest BCUT2D eigenvalue weighted by molar-refractivity contribution is 6.02. The minimum Gasteiger partial charge on any atom is -0.367 e. The number of amides is 3. The summed E-state index contributed by atoms with van der Waals surface area (Å²) in [4.78, 5) is 44.7. The number of anilines is 2. The Morgan fingerprint density at radius 1 is 0.857 bits per heavy atom. The average Bonchev–Trinajstić information content (AvgIpc) is 3.44. The minimum atomic E-state index is -0.128. The third-order valence-electron chi connectivity index (χ3n) is 7.07. The Labute approximate surface area is 208 Å². The van der Waals surface area contributed by atoms with E-state index in [9.17, 15) is 14.4 Å². The predicted octanol–water partition coefficient (Wildman–Crippen LogP) is 4.11. The number of likely N-dealkylation sites (tertiary alicyclic amines) is 1. The Kier molecular flexibility index (Phi) is 8.06. The van der Waals surface area contributed by atoms with Gasteiger partial charge in [-0.25, -0.2) is 0 Å². The summed E-state index contributed by atoms with van der Waals surface area (Å²) in [5, 5.41) is 2.88. The Morgan fingerprint density at radius 2 is 1.54 bits per heavy atom. The molecule has 1 N–H and O–H groups in total. The predicted molar refractivity (Wildman–Crippen MR) is 139 cm³/mol. The highest BCUT2D eigenvalue weighted by atomic mass is 16.2. The zero-order chi connectivity index (χ0) is 24.8. The van der Waals surface area contributed by atoms with E-state index in [2.05, 4.69) is 17.1 Å². The van der Waals surface area contributed by atoms with Crippen molar-refractivity contribution in [1.29, 1.82) is 0 Å². The molecule has 2 fully saturated rings. The minimum absolute atomic E-state index is 0.0127. The number of carbonyl (C=O) groups is 3. The smallest absolute Gasteiger partial charge is 0.256 e. The van der Waals surface area contributed by atoms with Crippen LogP contribution in [0.5, 0.6) is 0 Å². The molecule has 2 aliphatic heterocycles. The van der Waals surface area contributed by atoms with E-state index in [1.54, 1.807) is 0 Å². The third-order valence-corrected chi connectivity index (χ3v) is 7.07. The van der Waals surface area contributed by atoms with Crippen molar-refractivity contribution in [1.82, 2.24) is 9.80 Å². The molecular weight excluding hydrogens is 440 g/mol. The van der Waals surface area contributed by atoms with E-state index in [0.717, 1.165) is 43.6 Å². The van der Waals surface area contributed by atoms with Crippen LogP contribution >= 0.6 is 0 Å². The van der Waals surface area contributed by atoms with Gasteiger partial charge >= 0.3 is 0 Å². The summed E-state index contributed by atoms with van der Waals surface area (Å²) in [6.07, 6.45) is 3.19. The highest BCUT2D eigenvalue weighted by Crippen LogP contribution is 2.29. The van der Waals surface area contributed by atoms with Crippen LogP contribution < -0.4 is 10.2 Å². The second-order valence-corrected chi connectivity index (χ2v) is 9.32. The van der Waals surface area contributed by atoms with Gasteiger partial charge in [-0.3, -0.25) is 14.4 Å². The van der Waals surface area contributed by atoms with E-state index in [1.165, 1.54) is 0 Å². The lowest BCUT2D eigenvalue weighted by Crippen LogP contribution is -2.50. The van der Waals surface area contributed by atoms with Gasteiger partial charge in [-0.05, 0) is 43.0 Å². The van der Waals surface area contributed by atoms with Crippen LogP contribution in [0.1, 0.15) is 61.4 Å². The van der Waals surface area contributed by atoms with Crippen molar-refractivity contribution >= 4 is 29.1 Å². The van der Waals surface area contributed by atoms with Crippen molar-refractivity contribution in [2.24, 2.45) is 0 Å². The van der Waals surface area contributed by atoms with Gasteiger partial charge in [-0.2, -0.15) is 0 Å². The number of rotatable bonds is 7. The van der Waals surface area contributed by atoms with Gasteiger partial charge in [0.1, 0.15) is 0 Å². The lowest BCUT2D eigenvalue weighted by molar-refractivity contribution is -0.133. The first-order valence-corrected chi connectivity index (χ1v) is 12.8. The first kappa shape index (κ1) is 24.8. The van der Waals surface area contributed by atoms with E-state index in [0.29, 0.717) is 43.9 Å². The molecule has 0 unspecified atom stereocenters. The molecule has 0 aromatic heterocycles. The zero-order valence-electron chi connectivity index (χ0n) is 20.8. The maximum absolute atomic E-state index is 13.4. The normalized spacial score (nSPS) is 16.8. The summed E-state index contributed by atoms with van der Waals surface area (Å²) in [5.41, 5.74) is 3.20. The van der Waals surface area contributed by atoms with Crippen molar-refractivity contribution in [2.75, 3.05) is 49.5 Å². The summed E-state index contributed by atoms with van der Waals surface area (Å²) in [6.45, 7) is 7.97. The molecule has 2 heterocycles. The number of hydrogen-bond donors (Lipinski definition) is 1. The van der Waals surface area contributed by atoms with Crippen LogP contribution in [0.25, 0.3) is 0 Å². The van der Waals surface area contributed by atoms with Crippen molar-refractivity contribution in [3.63, 3.8) is 0 Å². The molecule has 0 spiro atoms. The number of nitrogens with one attached hydrogen (secondary N) is 1. The molecule has 2 aromatic carbocycles. The quantitative estimate of drug-likeness (QED) is 0.653. The van der Waals surface area contributed by atoms with E-state index < -0.39 is 0 Å². The second kappa shape index (κ2) is 11.4. The van der Waals surface area contributed by atoms with Crippen molar-refractivity contribution in [3.05, 3.63) is 59.7 Å². The molecule has 7 heteroatoms. The number of benzene rings is 2. The monoisotopic (exact) mass is 476 g/mol. The van der Waals surface area contributed by atoms with E-state index >= 15 is 0 Å². The van der Waals surface area contributed by atoms with Crippen molar-refractivity contribution in [2.45, 2.75) is 45.4 Å². The van der Waals surface area contributed by atoms with Crippen LogP contribution in [0.2, 0.25) is 0 Å². The Morgan fingerprint density at radius 3 is 2.17 bits per heavy atom. The largest absolute Gasteiger partial charge is 0.367 e. The lowest BCUT2D eigenvalue weighted by atomic mass is 9.94. The molecule has 7 nitrogen and oxygen atoms in total. The molecule has 0 radical (unpaired) electrons. The second-order valence-electron chi connectivity index (χ2n) is 9.32. The van der Waals surface area contributed by atoms with E-state index in [4.69, 9.17) is 0 Å². The summed E-state index contributed by atoms with van der Waals surface area (Å²) in [5.74, 6) is -0.0204. The van der Waals surface area contributed by atoms with Gasteiger partial charge in [0.25, 0.3) is 5.91 Å². The first-order valence-electron chi connectivity index (χ1n) is 12.8. The first-order chi connectivity index (χ1) is 17.0.